The molecule has 0 aliphatic carbocycles. The summed E-state index contributed by atoms with van der Waals surface area (Å²) in [6.07, 6.45) is 1.69. The van der Waals surface area contributed by atoms with E-state index in [-0.39, 0.29) is 17.8 Å². The number of aryl methyl sites for hydroxylation is 1. The normalized spacial score (nSPS) is 21.7. The number of fused-ring (bicyclic) bond motifs is 1. The van der Waals surface area contributed by atoms with Crippen LogP contribution in [0.25, 0.3) is 11.0 Å². The Balaban J connectivity index is 1.57. The van der Waals surface area contributed by atoms with E-state index in [0.717, 1.165) is 13.1 Å². The van der Waals surface area contributed by atoms with E-state index in [4.69, 9.17) is 4.74 Å². The SMILES string of the molecule is CC1CN(Cc2nc3c(cnn3C)c(=O)[nH]2)CC(c2ccccc2)O1. The second-order valence-electron chi connectivity index (χ2n) is 6.56. The van der Waals surface area contributed by atoms with Crippen LogP contribution in [0.2, 0.25) is 0 Å². The number of nitrogens with zero attached hydrogens (tertiary/aromatic N) is 4. The van der Waals surface area contributed by atoms with Crippen molar-refractivity contribution < 1.29 is 4.74 Å². The molecule has 1 aliphatic rings. The summed E-state index contributed by atoms with van der Waals surface area (Å²) in [4.78, 5) is 21.9. The third-order valence-corrected chi connectivity index (χ3v) is 4.53. The number of nitrogens with one attached hydrogen (secondary N) is 1. The molecule has 3 aromatic rings. The predicted molar refractivity (Wildman–Crippen MR) is 94.1 cm³/mol. The maximum Gasteiger partial charge on any atom is 0.262 e. The summed E-state index contributed by atoms with van der Waals surface area (Å²) < 4.78 is 7.72. The van der Waals surface area contributed by atoms with Crippen molar-refractivity contribution in [2.45, 2.75) is 25.7 Å². The quantitative estimate of drug-likeness (QED) is 0.785. The molecule has 0 radical (unpaired) electrons. The smallest absolute Gasteiger partial charge is 0.262 e. The first-order chi connectivity index (χ1) is 12.1. The van der Waals surface area contributed by atoms with E-state index in [9.17, 15) is 4.79 Å². The highest BCUT2D eigenvalue weighted by Gasteiger charge is 2.27. The summed E-state index contributed by atoms with van der Waals surface area (Å²) in [5.41, 5.74) is 1.64. The molecule has 1 aromatic carbocycles. The Morgan fingerprint density at radius 1 is 1.28 bits per heavy atom. The highest BCUT2D eigenvalue weighted by molar-refractivity contribution is 5.72. The molecule has 3 heterocycles. The van der Waals surface area contributed by atoms with E-state index in [0.29, 0.717) is 23.4 Å². The molecule has 1 N–H and O–H groups in total. The third-order valence-electron chi connectivity index (χ3n) is 4.53. The Morgan fingerprint density at radius 2 is 2.08 bits per heavy atom. The molecular formula is C18H21N5O2. The number of aromatic amines is 1. The maximum absolute atomic E-state index is 12.2. The van der Waals surface area contributed by atoms with Crippen LogP contribution in [-0.4, -0.2) is 43.8 Å². The van der Waals surface area contributed by atoms with E-state index in [2.05, 4.69) is 39.0 Å². The van der Waals surface area contributed by atoms with Crippen molar-refractivity contribution in [3.63, 3.8) is 0 Å². The Kier molecular flexibility index (Phi) is 4.10. The molecule has 130 valence electrons. The van der Waals surface area contributed by atoms with Crippen LogP contribution in [-0.2, 0) is 18.3 Å². The molecule has 4 rings (SSSR count). The summed E-state index contributed by atoms with van der Waals surface area (Å²) in [5.74, 6) is 0.655. The van der Waals surface area contributed by atoms with Gasteiger partial charge < -0.3 is 9.72 Å². The van der Waals surface area contributed by atoms with Gasteiger partial charge in [0.05, 0.1) is 24.9 Å². The maximum atomic E-state index is 12.2. The molecule has 1 fully saturated rings. The van der Waals surface area contributed by atoms with Crippen LogP contribution in [0.1, 0.15) is 24.4 Å². The van der Waals surface area contributed by atoms with Crippen LogP contribution < -0.4 is 5.56 Å². The molecule has 25 heavy (non-hydrogen) atoms. The monoisotopic (exact) mass is 339 g/mol. The van der Waals surface area contributed by atoms with Crippen molar-refractivity contribution in [3.8, 4) is 0 Å². The van der Waals surface area contributed by atoms with Gasteiger partial charge in [-0.1, -0.05) is 30.3 Å². The van der Waals surface area contributed by atoms with Gasteiger partial charge >= 0.3 is 0 Å². The number of morpholine rings is 1. The zero-order valence-electron chi connectivity index (χ0n) is 14.3. The lowest BCUT2D eigenvalue weighted by molar-refractivity contribution is -0.0819. The van der Waals surface area contributed by atoms with E-state index < -0.39 is 0 Å². The molecule has 1 aliphatic heterocycles. The Hall–Kier alpha value is -2.51. The molecule has 0 spiro atoms. The number of ether oxygens (including phenoxy) is 1. The fourth-order valence-corrected chi connectivity index (χ4v) is 3.38. The Bertz CT molecular complexity index is 934. The minimum absolute atomic E-state index is 0.0251. The van der Waals surface area contributed by atoms with Crippen LogP contribution in [0, 0.1) is 0 Å². The van der Waals surface area contributed by atoms with Gasteiger partial charge in [0.25, 0.3) is 5.56 Å². The topological polar surface area (TPSA) is 76.0 Å². The van der Waals surface area contributed by atoms with Crippen LogP contribution in [0.15, 0.2) is 41.3 Å². The van der Waals surface area contributed by atoms with E-state index in [1.54, 1.807) is 17.9 Å². The number of H-pyrrole nitrogens is 1. The molecule has 2 aromatic heterocycles. The number of hydrogen-bond donors (Lipinski definition) is 1. The van der Waals surface area contributed by atoms with Crippen molar-refractivity contribution in [2.75, 3.05) is 13.1 Å². The summed E-state index contributed by atoms with van der Waals surface area (Å²) >= 11 is 0. The molecule has 0 bridgehead atoms. The van der Waals surface area contributed by atoms with Crippen LogP contribution in [0.3, 0.4) is 0 Å². The first kappa shape index (κ1) is 16.0. The highest BCUT2D eigenvalue weighted by atomic mass is 16.5. The minimum atomic E-state index is -0.144. The van der Waals surface area contributed by atoms with Crippen molar-refractivity contribution in [1.29, 1.82) is 0 Å². The molecular weight excluding hydrogens is 318 g/mol. The number of hydrogen-bond acceptors (Lipinski definition) is 5. The lowest BCUT2D eigenvalue weighted by Gasteiger charge is -2.36. The molecule has 7 heteroatoms. The number of aromatic nitrogens is 4. The van der Waals surface area contributed by atoms with Gasteiger partial charge in [-0.2, -0.15) is 5.10 Å². The highest BCUT2D eigenvalue weighted by Crippen LogP contribution is 2.25. The van der Waals surface area contributed by atoms with Gasteiger partial charge in [0.2, 0.25) is 0 Å². The van der Waals surface area contributed by atoms with Crippen LogP contribution in [0.4, 0.5) is 0 Å². The zero-order valence-corrected chi connectivity index (χ0v) is 14.3. The molecule has 2 unspecified atom stereocenters. The molecule has 0 saturated carbocycles. The second kappa shape index (κ2) is 6.42. The largest absolute Gasteiger partial charge is 0.368 e. The second-order valence-corrected chi connectivity index (χ2v) is 6.56. The van der Waals surface area contributed by atoms with Gasteiger partial charge in [-0.25, -0.2) is 4.98 Å². The van der Waals surface area contributed by atoms with E-state index in [1.807, 2.05) is 18.2 Å². The van der Waals surface area contributed by atoms with E-state index in [1.165, 1.54) is 5.56 Å². The van der Waals surface area contributed by atoms with Crippen LogP contribution in [0.5, 0.6) is 0 Å². The van der Waals surface area contributed by atoms with Gasteiger partial charge in [-0.3, -0.25) is 14.4 Å². The summed E-state index contributed by atoms with van der Waals surface area (Å²) in [5, 5.41) is 4.63. The van der Waals surface area contributed by atoms with E-state index >= 15 is 0 Å². The average Bonchev–Trinajstić information content (AvgIpc) is 2.97. The van der Waals surface area contributed by atoms with Crippen molar-refractivity contribution in [3.05, 3.63) is 58.3 Å². The summed E-state index contributed by atoms with van der Waals surface area (Å²) in [6.45, 7) is 4.22. The van der Waals surface area contributed by atoms with Gasteiger partial charge in [-0.15, -0.1) is 0 Å². The standard InChI is InChI=1S/C18H21N5O2/c1-12-9-23(10-15(25-12)13-6-4-3-5-7-13)11-16-20-17-14(18(24)21-16)8-19-22(17)2/h3-8,12,15H,9-11H2,1-2H3,(H,20,21,24). The molecule has 1 saturated heterocycles. The number of benzene rings is 1. The summed E-state index contributed by atoms with van der Waals surface area (Å²) in [6, 6.07) is 10.2. The van der Waals surface area contributed by atoms with Crippen molar-refractivity contribution in [2.24, 2.45) is 7.05 Å². The Morgan fingerprint density at radius 3 is 2.88 bits per heavy atom. The van der Waals surface area contributed by atoms with Gasteiger partial charge in [0.15, 0.2) is 5.65 Å². The first-order valence-electron chi connectivity index (χ1n) is 8.44. The fraction of sp³-hybridized carbons (Fsp3) is 0.389. The lowest BCUT2D eigenvalue weighted by Crippen LogP contribution is -2.42. The van der Waals surface area contributed by atoms with Crippen molar-refractivity contribution in [1.82, 2.24) is 24.6 Å². The lowest BCUT2D eigenvalue weighted by atomic mass is 10.1. The van der Waals surface area contributed by atoms with Gasteiger partial charge in [0, 0.05) is 20.1 Å². The molecule has 7 nitrogen and oxygen atoms in total. The molecule has 2 atom stereocenters. The van der Waals surface area contributed by atoms with Gasteiger partial charge in [0.1, 0.15) is 11.2 Å². The minimum Gasteiger partial charge on any atom is -0.368 e. The zero-order chi connectivity index (χ0) is 17.4. The van der Waals surface area contributed by atoms with Gasteiger partial charge in [-0.05, 0) is 12.5 Å². The predicted octanol–water partition coefficient (Wildman–Crippen LogP) is 1.62. The Labute approximate surface area is 145 Å². The van der Waals surface area contributed by atoms with Crippen molar-refractivity contribution >= 4 is 11.0 Å². The first-order valence-corrected chi connectivity index (χ1v) is 8.44. The average molecular weight is 339 g/mol. The number of rotatable bonds is 3. The molecule has 0 amide bonds. The third kappa shape index (κ3) is 3.20. The fourth-order valence-electron chi connectivity index (χ4n) is 3.38. The summed E-state index contributed by atoms with van der Waals surface area (Å²) in [7, 11) is 1.79. The van der Waals surface area contributed by atoms with Crippen LogP contribution >= 0.6 is 0 Å².